The molecule has 4 nitrogen and oxygen atoms in total. The van der Waals surface area contributed by atoms with Gasteiger partial charge < -0.3 is 10.1 Å². The molecule has 1 N–H and O–H groups in total. The van der Waals surface area contributed by atoms with E-state index in [1.807, 2.05) is 0 Å². The Balaban J connectivity index is 1.43. The molecule has 0 amide bonds. The van der Waals surface area contributed by atoms with Crippen molar-refractivity contribution in [1.29, 1.82) is 0 Å². The molecule has 3 rings (SSSR count). The third-order valence-corrected chi connectivity index (χ3v) is 4.21. The van der Waals surface area contributed by atoms with Crippen molar-refractivity contribution in [3.05, 3.63) is 0 Å². The molecule has 0 radical (unpaired) electrons. The minimum absolute atomic E-state index is 0.716. The SMILES string of the molecule is C1COCC(N2CC(N3CCNCC3)C2)C1. The Labute approximate surface area is 97.9 Å². The number of hydrogen-bond donors (Lipinski definition) is 1. The summed E-state index contributed by atoms with van der Waals surface area (Å²) < 4.78 is 5.55. The molecule has 0 aromatic carbocycles. The van der Waals surface area contributed by atoms with Crippen molar-refractivity contribution in [3.8, 4) is 0 Å². The fourth-order valence-corrected chi connectivity index (χ4v) is 3.08. The second-order valence-corrected chi connectivity index (χ2v) is 5.26. The second kappa shape index (κ2) is 5.00. The summed E-state index contributed by atoms with van der Waals surface area (Å²) in [5.74, 6) is 0. The largest absolute Gasteiger partial charge is 0.380 e. The molecule has 3 aliphatic heterocycles. The number of nitrogens with one attached hydrogen (secondary N) is 1. The first-order chi connectivity index (χ1) is 7.93. The van der Waals surface area contributed by atoms with Gasteiger partial charge in [0.2, 0.25) is 0 Å². The minimum atomic E-state index is 0.716. The highest BCUT2D eigenvalue weighted by Gasteiger charge is 2.36. The molecule has 3 aliphatic rings. The van der Waals surface area contributed by atoms with Gasteiger partial charge in [0, 0.05) is 58.0 Å². The molecular formula is C12H23N3O. The van der Waals surface area contributed by atoms with E-state index >= 15 is 0 Å². The molecule has 0 aromatic heterocycles. The van der Waals surface area contributed by atoms with E-state index in [1.165, 1.54) is 52.1 Å². The highest BCUT2D eigenvalue weighted by Crippen LogP contribution is 2.22. The Morgan fingerprint density at radius 3 is 2.50 bits per heavy atom. The average molecular weight is 225 g/mol. The van der Waals surface area contributed by atoms with E-state index in [4.69, 9.17) is 4.74 Å². The molecule has 3 fully saturated rings. The Kier molecular flexibility index (Phi) is 3.43. The predicted octanol–water partition coefficient (Wildman–Crippen LogP) is -0.245. The van der Waals surface area contributed by atoms with Gasteiger partial charge in [0.15, 0.2) is 0 Å². The fraction of sp³-hybridized carbons (Fsp3) is 1.00. The van der Waals surface area contributed by atoms with Gasteiger partial charge in [-0.3, -0.25) is 9.80 Å². The van der Waals surface area contributed by atoms with Crippen LogP contribution in [0.15, 0.2) is 0 Å². The van der Waals surface area contributed by atoms with E-state index in [0.29, 0.717) is 6.04 Å². The van der Waals surface area contributed by atoms with Crippen molar-refractivity contribution in [2.45, 2.75) is 24.9 Å². The van der Waals surface area contributed by atoms with Crippen molar-refractivity contribution in [3.63, 3.8) is 0 Å². The maximum absolute atomic E-state index is 5.55. The van der Waals surface area contributed by atoms with Crippen LogP contribution in [0.2, 0.25) is 0 Å². The summed E-state index contributed by atoms with van der Waals surface area (Å²) in [6, 6.07) is 1.54. The van der Waals surface area contributed by atoms with Gasteiger partial charge in [-0.05, 0) is 12.8 Å². The third kappa shape index (κ3) is 2.25. The predicted molar refractivity (Wildman–Crippen MR) is 63.6 cm³/mol. The van der Waals surface area contributed by atoms with Crippen LogP contribution in [0.1, 0.15) is 12.8 Å². The number of likely N-dealkylation sites (tertiary alicyclic amines) is 1. The summed E-state index contributed by atoms with van der Waals surface area (Å²) in [7, 11) is 0. The maximum atomic E-state index is 5.55. The molecule has 3 saturated heterocycles. The fourth-order valence-electron chi connectivity index (χ4n) is 3.08. The maximum Gasteiger partial charge on any atom is 0.0621 e. The molecular weight excluding hydrogens is 202 g/mol. The highest BCUT2D eigenvalue weighted by molar-refractivity contribution is 4.93. The quantitative estimate of drug-likeness (QED) is 0.702. The summed E-state index contributed by atoms with van der Waals surface area (Å²) in [4.78, 5) is 5.27. The molecule has 92 valence electrons. The van der Waals surface area contributed by atoms with Crippen molar-refractivity contribution in [1.82, 2.24) is 15.1 Å². The summed E-state index contributed by atoms with van der Waals surface area (Å²) in [6.45, 7) is 9.30. The second-order valence-electron chi connectivity index (χ2n) is 5.26. The number of piperazine rings is 1. The molecule has 1 unspecified atom stereocenters. The van der Waals surface area contributed by atoms with Crippen molar-refractivity contribution < 1.29 is 4.74 Å². The van der Waals surface area contributed by atoms with E-state index in [2.05, 4.69) is 15.1 Å². The Bertz CT molecular complexity index is 196. The van der Waals surface area contributed by atoms with Crippen LogP contribution in [0.3, 0.4) is 0 Å². The number of rotatable bonds is 2. The molecule has 4 heteroatoms. The summed E-state index contributed by atoms with van der Waals surface area (Å²) in [6.07, 6.45) is 2.59. The van der Waals surface area contributed by atoms with Crippen molar-refractivity contribution in [2.75, 3.05) is 52.5 Å². The smallest absolute Gasteiger partial charge is 0.0621 e. The van der Waals surface area contributed by atoms with E-state index in [1.54, 1.807) is 0 Å². The molecule has 0 saturated carbocycles. The molecule has 3 heterocycles. The zero-order valence-corrected chi connectivity index (χ0v) is 10.0. The van der Waals surface area contributed by atoms with Crippen molar-refractivity contribution >= 4 is 0 Å². The minimum Gasteiger partial charge on any atom is -0.380 e. The molecule has 0 aliphatic carbocycles. The van der Waals surface area contributed by atoms with Crippen molar-refractivity contribution in [2.24, 2.45) is 0 Å². The lowest BCUT2D eigenvalue weighted by Gasteiger charge is -2.50. The van der Waals surface area contributed by atoms with Gasteiger partial charge in [-0.25, -0.2) is 0 Å². The van der Waals surface area contributed by atoms with Crippen LogP contribution in [-0.2, 0) is 4.74 Å². The Morgan fingerprint density at radius 2 is 1.81 bits per heavy atom. The van der Waals surface area contributed by atoms with Gasteiger partial charge in [-0.15, -0.1) is 0 Å². The highest BCUT2D eigenvalue weighted by atomic mass is 16.5. The van der Waals surface area contributed by atoms with Crippen LogP contribution < -0.4 is 5.32 Å². The van der Waals surface area contributed by atoms with E-state index < -0.39 is 0 Å². The first-order valence-corrected chi connectivity index (χ1v) is 6.70. The zero-order chi connectivity index (χ0) is 10.8. The third-order valence-electron chi connectivity index (χ3n) is 4.21. The van der Waals surface area contributed by atoms with Crippen LogP contribution in [0.5, 0.6) is 0 Å². The normalized spacial score (nSPS) is 34.9. The average Bonchev–Trinajstić information content (AvgIpc) is 2.30. The Hall–Kier alpha value is -0.160. The molecule has 1 atom stereocenters. The van der Waals surface area contributed by atoms with Gasteiger partial charge in [-0.2, -0.15) is 0 Å². The number of hydrogen-bond acceptors (Lipinski definition) is 4. The van der Waals surface area contributed by atoms with Crippen LogP contribution in [-0.4, -0.2) is 74.4 Å². The molecule has 16 heavy (non-hydrogen) atoms. The summed E-state index contributed by atoms with van der Waals surface area (Å²) in [5.41, 5.74) is 0. The topological polar surface area (TPSA) is 27.7 Å². The summed E-state index contributed by atoms with van der Waals surface area (Å²) in [5, 5.41) is 3.42. The van der Waals surface area contributed by atoms with E-state index in [-0.39, 0.29) is 0 Å². The van der Waals surface area contributed by atoms with Crippen LogP contribution in [0.4, 0.5) is 0 Å². The van der Waals surface area contributed by atoms with Gasteiger partial charge in [0.1, 0.15) is 0 Å². The lowest BCUT2D eigenvalue weighted by atomic mass is 9.99. The lowest BCUT2D eigenvalue weighted by molar-refractivity contribution is -0.0499. The monoisotopic (exact) mass is 225 g/mol. The number of nitrogens with zero attached hydrogens (tertiary/aromatic N) is 2. The van der Waals surface area contributed by atoms with Crippen LogP contribution in [0, 0.1) is 0 Å². The number of ether oxygens (including phenoxy) is 1. The Morgan fingerprint density at radius 1 is 1.00 bits per heavy atom. The van der Waals surface area contributed by atoms with E-state index in [0.717, 1.165) is 19.3 Å². The van der Waals surface area contributed by atoms with E-state index in [9.17, 15) is 0 Å². The van der Waals surface area contributed by atoms with Gasteiger partial charge in [0.05, 0.1) is 6.61 Å². The standard InChI is InChI=1S/C12H23N3O/c1-2-11(10-16-7-1)15-8-12(9-15)14-5-3-13-4-6-14/h11-13H,1-10H2. The molecule has 0 aromatic rings. The molecule has 0 bridgehead atoms. The van der Waals surface area contributed by atoms with Gasteiger partial charge in [-0.1, -0.05) is 0 Å². The lowest BCUT2D eigenvalue weighted by Crippen LogP contribution is -2.65. The first kappa shape index (κ1) is 11.0. The van der Waals surface area contributed by atoms with Crippen LogP contribution >= 0.6 is 0 Å². The summed E-state index contributed by atoms with van der Waals surface area (Å²) >= 11 is 0. The zero-order valence-electron chi connectivity index (χ0n) is 10.0. The first-order valence-electron chi connectivity index (χ1n) is 6.70. The van der Waals surface area contributed by atoms with Gasteiger partial charge in [0.25, 0.3) is 0 Å². The van der Waals surface area contributed by atoms with Crippen LogP contribution in [0.25, 0.3) is 0 Å². The van der Waals surface area contributed by atoms with Gasteiger partial charge >= 0.3 is 0 Å². The molecule has 0 spiro atoms.